The normalized spacial score (nSPS) is 10.3. The van der Waals surface area contributed by atoms with Crippen molar-refractivity contribution in [3.05, 3.63) is 118 Å². The Hall–Kier alpha value is -3.12. The smallest absolute Gasteiger partial charge is 0.00108 e. The van der Waals surface area contributed by atoms with E-state index >= 15 is 0 Å². The summed E-state index contributed by atoms with van der Waals surface area (Å²) >= 11 is 0. The van der Waals surface area contributed by atoms with E-state index in [0.29, 0.717) is 0 Å². The van der Waals surface area contributed by atoms with E-state index in [2.05, 4.69) is 98.8 Å². The molecule has 0 heteroatoms. The van der Waals surface area contributed by atoms with Crippen molar-refractivity contribution in [2.24, 2.45) is 0 Å². The Labute approximate surface area is 222 Å². The van der Waals surface area contributed by atoms with E-state index in [0.717, 1.165) is 12.8 Å². The third-order valence-corrected chi connectivity index (χ3v) is 6.04. The molecular weight excluding hydrogens is 432 g/mol. The summed E-state index contributed by atoms with van der Waals surface area (Å²) in [5.74, 6) is 0. The summed E-state index contributed by atoms with van der Waals surface area (Å²) in [6, 6.07) is 30.7. The van der Waals surface area contributed by atoms with Gasteiger partial charge in [0.25, 0.3) is 0 Å². The van der Waals surface area contributed by atoms with Crippen molar-refractivity contribution in [2.75, 3.05) is 0 Å². The molecule has 4 aromatic rings. The minimum Gasteiger partial charge on any atom is -0.0683 e. The minimum absolute atomic E-state index is 1.10. The highest BCUT2D eigenvalue weighted by Gasteiger charge is 2.18. The molecule has 0 N–H and O–H groups in total. The van der Waals surface area contributed by atoms with Crippen LogP contribution in [0.4, 0.5) is 0 Å². The summed E-state index contributed by atoms with van der Waals surface area (Å²) in [4.78, 5) is 0. The average molecular weight is 481 g/mol. The number of aryl methyl sites for hydroxylation is 2. The zero-order chi connectivity index (χ0) is 27.1. The van der Waals surface area contributed by atoms with Gasteiger partial charge >= 0.3 is 0 Å². The van der Waals surface area contributed by atoms with Crippen LogP contribution >= 0.6 is 0 Å². The Kier molecular flexibility index (Phi) is 14.2. The Morgan fingerprint density at radius 3 is 1.50 bits per heavy atom. The molecule has 192 valence electrons. The van der Waals surface area contributed by atoms with E-state index in [4.69, 9.17) is 0 Å². The van der Waals surface area contributed by atoms with Gasteiger partial charge in [-0.3, -0.25) is 0 Å². The monoisotopic (exact) mass is 480 g/mol. The van der Waals surface area contributed by atoms with Crippen LogP contribution in [0.25, 0.3) is 22.3 Å². The highest BCUT2D eigenvalue weighted by atomic mass is 14.2. The third-order valence-electron chi connectivity index (χ3n) is 6.04. The molecule has 0 fully saturated rings. The molecule has 4 aromatic carbocycles. The average Bonchev–Trinajstić information content (AvgIpc) is 3.53. The first-order valence-corrected chi connectivity index (χ1v) is 14.1. The summed E-state index contributed by atoms with van der Waals surface area (Å²) in [6.07, 6.45) is 2.21. The predicted molar refractivity (Wildman–Crippen MR) is 164 cm³/mol. The molecule has 0 atom stereocenters. The minimum atomic E-state index is 1.10. The third kappa shape index (κ3) is 7.20. The largest absolute Gasteiger partial charge is 0.0683 e. The van der Waals surface area contributed by atoms with E-state index in [1.54, 1.807) is 0 Å². The first kappa shape index (κ1) is 30.9. The SMILES string of the molecule is CC.CC.CC.CC.Cc1ccc2c(c1)-c1ccccc1C2.Cc1cccc2c1Cc1ccccc1-2. The fourth-order valence-corrected chi connectivity index (χ4v) is 4.55. The van der Waals surface area contributed by atoms with Crippen molar-refractivity contribution in [1.29, 1.82) is 0 Å². The topological polar surface area (TPSA) is 0 Å². The van der Waals surface area contributed by atoms with Gasteiger partial charge in [0.05, 0.1) is 0 Å². The van der Waals surface area contributed by atoms with Crippen molar-refractivity contribution in [3.8, 4) is 22.3 Å². The molecular formula is C36H48. The molecule has 0 amide bonds. The molecule has 0 aliphatic heterocycles. The first-order chi connectivity index (χ1) is 17.7. The number of rotatable bonds is 0. The Bertz CT molecular complexity index is 1170. The fourth-order valence-electron chi connectivity index (χ4n) is 4.55. The van der Waals surface area contributed by atoms with E-state index in [9.17, 15) is 0 Å². The van der Waals surface area contributed by atoms with Crippen molar-refractivity contribution < 1.29 is 0 Å². The maximum Gasteiger partial charge on any atom is -0.00108 e. The van der Waals surface area contributed by atoms with Gasteiger partial charge in [0.1, 0.15) is 0 Å². The van der Waals surface area contributed by atoms with Gasteiger partial charge in [-0.15, -0.1) is 0 Å². The Balaban J connectivity index is 0.000000283. The van der Waals surface area contributed by atoms with Gasteiger partial charge in [-0.25, -0.2) is 0 Å². The molecule has 2 aliphatic rings. The molecule has 0 spiro atoms. The van der Waals surface area contributed by atoms with Gasteiger partial charge in [0.15, 0.2) is 0 Å². The van der Waals surface area contributed by atoms with Crippen molar-refractivity contribution in [3.63, 3.8) is 0 Å². The second-order valence-corrected chi connectivity index (χ2v) is 7.93. The summed E-state index contributed by atoms with van der Waals surface area (Å²) in [5, 5.41) is 0. The van der Waals surface area contributed by atoms with Gasteiger partial charge in [0.2, 0.25) is 0 Å². The van der Waals surface area contributed by atoms with Crippen LogP contribution < -0.4 is 0 Å². The number of hydrogen-bond acceptors (Lipinski definition) is 0. The van der Waals surface area contributed by atoms with Crippen molar-refractivity contribution in [1.82, 2.24) is 0 Å². The van der Waals surface area contributed by atoms with E-state index in [1.165, 1.54) is 55.6 Å². The van der Waals surface area contributed by atoms with Crippen molar-refractivity contribution >= 4 is 0 Å². The van der Waals surface area contributed by atoms with Gasteiger partial charge in [-0.2, -0.15) is 0 Å². The number of fused-ring (bicyclic) bond motifs is 6. The highest BCUT2D eigenvalue weighted by molar-refractivity contribution is 5.78. The van der Waals surface area contributed by atoms with Gasteiger partial charge in [-0.05, 0) is 76.8 Å². The zero-order valence-electron chi connectivity index (χ0n) is 24.5. The summed E-state index contributed by atoms with van der Waals surface area (Å²) in [7, 11) is 0. The first-order valence-electron chi connectivity index (χ1n) is 14.1. The van der Waals surface area contributed by atoms with E-state index in [-0.39, 0.29) is 0 Å². The summed E-state index contributed by atoms with van der Waals surface area (Å²) in [6.45, 7) is 20.4. The van der Waals surface area contributed by atoms with Crippen LogP contribution in [0.15, 0.2) is 84.9 Å². The quantitative estimate of drug-likeness (QED) is 0.203. The molecule has 0 saturated heterocycles. The van der Waals surface area contributed by atoms with Crippen LogP contribution in [0, 0.1) is 13.8 Å². The summed E-state index contributed by atoms with van der Waals surface area (Å²) < 4.78 is 0. The van der Waals surface area contributed by atoms with E-state index in [1.807, 2.05) is 55.4 Å². The van der Waals surface area contributed by atoms with Crippen LogP contribution in [0.1, 0.15) is 88.8 Å². The van der Waals surface area contributed by atoms with Crippen LogP contribution in [-0.2, 0) is 12.8 Å². The molecule has 0 unspecified atom stereocenters. The number of benzene rings is 4. The Morgan fingerprint density at radius 1 is 0.417 bits per heavy atom. The molecule has 0 aromatic heterocycles. The molecule has 6 rings (SSSR count). The lowest BCUT2D eigenvalue weighted by Crippen LogP contribution is -1.84. The van der Waals surface area contributed by atoms with Crippen LogP contribution in [0.2, 0.25) is 0 Å². The highest BCUT2D eigenvalue weighted by Crippen LogP contribution is 2.38. The molecule has 0 nitrogen and oxygen atoms in total. The molecule has 0 bridgehead atoms. The van der Waals surface area contributed by atoms with Crippen molar-refractivity contribution in [2.45, 2.75) is 82.1 Å². The van der Waals surface area contributed by atoms with Crippen LogP contribution in [0.3, 0.4) is 0 Å². The molecule has 0 radical (unpaired) electrons. The molecule has 2 aliphatic carbocycles. The van der Waals surface area contributed by atoms with Gasteiger partial charge < -0.3 is 0 Å². The van der Waals surface area contributed by atoms with Crippen LogP contribution in [0.5, 0.6) is 0 Å². The predicted octanol–water partition coefficient (Wildman–Crippen LogP) is 11.2. The lowest BCUT2D eigenvalue weighted by Gasteiger charge is -2.02. The molecule has 0 heterocycles. The Morgan fingerprint density at radius 2 is 0.889 bits per heavy atom. The van der Waals surface area contributed by atoms with Crippen LogP contribution in [-0.4, -0.2) is 0 Å². The molecule has 0 saturated carbocycles. The molecule has 36 heavy (non-hydrogen) atoms. The van der Waals surface area contributed by atoms with Gasteiger partial charge in [-0.1, -0.05) is 146 Å². The second-order valence-electron chi connectivity index (χ2n) is 7.93. The second kappa shape index (κ2) is 16.5. The van der Waals surface area contributed by atoms with E-state index < -0.39 is 0 Å². The maximum atomic E-state index is 2.29. The summed E-state index contributed by atoms with van der Waals surface area (Å²) in [5.41, 5.74) is 14.4. The fraction of sp³-hybridized carbons (Fsp3) is 0.333. The lowest BCUT2D eigenvalue weighted by molar-refractivity contribution is 1.22. The zero-order valence-corrected chi connectivity index (χ0v) is 24.5. The lowest BCUT2D eigenvalue weighted by atomic mass is 10.0. The number of hydrogen-bond donors (Lipinski definition) is 0. The van der Waals surface area contributed by atoms with Gasteiger partial charge in [0, 0.05) is 0 Å². The maximum absolute atomic E-state index is 2.29. The standard InChI is InChI=1S/2C14H12.4C2H6/c1-10-5-4-8-13-12-7-3-2-6-11(12)9-14(10)13;1-10-6-7-12-9-11-4-2-3-5-13(11)14(12)8-10;4*1-2/h2*2-8H,9H2,1H3;4*1-2H3.